The quantitative estimate of drug-likeness (QED) is 0.724. The lowest BCUT2D eigenvalue weighted by molar-refractivity contribution is 0.397. The van der Waals surface area contributed by atoms with Crippen LogP contribution in [0.3, 0.4) is 0 Å². The molecule has 0 aliphatic carbocycles. The summed E-state index contributed by atoms with van der Waals surface area (Å²) in [7, 11) is 0. The third-order valence-corrected chi connectivity index (χ3v) is 3.79. The average molecular weight is 256 g/mol. The number of nitrogens with zero attached hydrogens (tertiary/aromatic N) is 4. The van der Waals surface area contributed by atoms with E-state index in [4.69, 9.17) is 0 Å². The van der Waals surface area contributed by atoms with Crippen LogP contribution in [0.5, 0.6) is 0 Å². The molecule has 3 aliphatic heterocycles. The van der Waals surface area contributed by atoms with Crippen molar-refractivity contribution in [2.75, 3.05) is 0 Å². The van der Waals surface area contributed by atoms with Crippen LogP contribution in [-0.4, -0.2) is 27.5 Å². The van der Waals surface area contributed by atoms with Crippen molar-refractivity contribution in [1.29, 1.82) is 0 Å². The lowest BCUT2D eigenvalue weighted by Crippen LogP contribution is -2.44. The Morgan fingerprint density at radius 3 is 2.11 bits per heavy atom. The van der Waals surface area contributed by atoms with E-state index >= 15 is 0 Å². The maximum Gasteiger partial charge on any atom is 0.184 e. The van der Waals surface area contributed by atoms with Gasteiger partial charge in [-0.3, -0.25) is 4.90 Å². The lowest BCUT2D eigenvalue weighted by Gasteiger charge is -2.37. The number of hydrogen-bond donors (Lipinski definition) is 1. The first kappa shape index (κ1) is 11.9. The average Bonchev–Trinajstić information content (AvgIpc) is 2.38. The zero-order valence-corrected chi connectivity index (χ0v) is 11.7. The fourth-order valence-electron chi connectivity index (χ4n) is 2.36. The van der Waals surface area contributed by atoms with Gasteiger partial charge in [-0.1, -0.05) is 0 Å². The van der Waals surface area contributed by atoms with Crippen molar-refractivity contribution in [2.45, 2.75) is 34.6 Å². The summed E-state index contributed by atoms with van der Waals surface area (Å²) in [5.41, 5.74) is 3.73. The molecule has 1 N–H and O–H groups in total. The third-order valence-electron chi connectivity index (χ3n) is 3.79. The van der Waals surface area contributed by atoms with Crippen molar-refractivity contribution < 1.29 is 5.11 Å². The summed E-state index contributed by atoms with van der Waals surface area (Å²) < 4.78 is 0. The molecule has 0 amide bonds. The zero-order valence-electron chi connectivity index (χ0n) is 11.7. The first-order valence-corrected chi connectivity index (χ1v) is 6.24. The largest absolute Gasteiger partial charge is 0.504 e. The number of aliphatic hydroxyl groups is 1. The molecule has 0 aromatic carbocycles. The molecule has 3 rings (SSSR count). The second-order valence-electron chi connectivity index (χ2n) is 5.00. The molecule has 5 nitrogen and oxygen atoms in total. The normalized spacial score (nSPS) is 22.4. The molecule has 0 saturated carbocycles. The Kier molecular flexibility index (Phi) is 2.29. The highest BCUT2D eigenvalue weighted by Crippen LogP contribution is 2.35. The van der Waals surface area contributed by atoms with E-state index in [1.807, 2.05) is 39.5 Å². The number of amidine groups is 3. The minimum atomic E-state index is 0.204. The van der Waals surface area contributed by atoms with Crippen molar-refractivity contribution in [3.05, 3.63) is 34.0 Å². The van der Waals surface area contributed by atoms with Crippen LogP contribution in [0.2, 0.25) is 0 Å². The summed E-state index contributed by atoms with van der Waals surface area (Å²) in [5.74, 6) is 2.99. The molecule has 0 saturated heterocycles. The number of allylic oxidation sites excluding steroid dienone is 2. The van der Waals surface area contributed by atoms with Crippen LogP contribution < -0.4 is 0 Å². The van der Waals surface area contributed by atoms with Gasteiger partial charge >= 0.3 is 0 Å². The molecule has 0 spiro atoms. The highest BCUT2D eigenvalue weighted by Gasteiger charge is 2.37. The second-order valence-corrected chi connectivity index (χ2v) is 5.00. The van der Waals surface area contributed by atoms with E-state index in [9.17, 15) is 5.11 Å². The van der Waals surface area contributed by atoms with Gasteiger partial charge in [-0.15, -0.1) is 0 Å². The van der Waals surface area contributed by atoms with Crippen LogP contribution in [0.15, 0.2) is 49.0 Å². The first-order chi connectivity index (χ1) is 8.91. The topological polar surface area (TPSA) is 60.6 Å². The molecule has 0 bridgehead atoms. The van der Waals surface area contributed by atoms with E-state index in [-0.39, 0.29) is 5.76 Å². The summed E-state index contributed by atoms with van der Waals surface area (Å²) in [5, 5.41) is 10.3. The Hall–Kier alpha value is -2.17. The third kappa shape index (κ3) is 1.44. The molecule has 0 radical (unpaired) electrons. The second kappa shape index (κ2) is 3.66. The van der Waals surface area contributed by atoms with Crippen LogP contribution in [-0.2, 0) is 0 Å². The van der Waals surface area contributed by atoms with E-state index in [1.54, 1.807) is 0 Å². The predicted octanol–water partition coefficient (Wildman–Crippen LogP) is 2.90. The van der Waals surface area contributed by atoms with Gasteiger partial charge in [0, 0.05) is 16.8 Å². The zero-order chi connectivity index (χ0) is 13.9. The molecular formula is C14H16N4O. The van der Waals surface area contributed by atoms with Crippen LogP contribution in [0.1, 0.15) is 34.6 Å². The molecule has 5 heteroatoms. The molecule has 0 aromatic rings. The Morgan fingerprint density at radius 2 is 1.42 bits per heavy atom. The monoisotopic (exact) mass is 256 g/mol. The van der Waals surface area contributed by atoms with E-state index < -0.39 is 0 Å². The van der Waals surface area contributed by atoms with Crippen molar-refractivity contribution in [3.8, 4) is 0 Å². The molecule has 19 heavy (non-hydrogen) atoms. The van der Waals surface area contributed by atoms with Gasteiger partial charge in [0.25, 0.3) is 0 Å². The Bertz CT molecular complexity index is 686. The van der Waals surface area contributed by atoms with E-state index in [1.165, 1.54) is 0 Å². The van der Waals surface area contributed by atoms with Crippen molar-refractivity contribution in [1.82, 2.24) is 4.90 Å². The molecule has 3 heterocycles. The molecule has 0 atom stereocenters. The van der Waals surface area contributed by atoms with Crippen LogP contribution in [0, 0.1) is 0 Å². The van der Waals surface area contributed by atoms with Crippen LogP contribution in [0.25, 0.3) is 0 Å². The first-order valence-electron chi connectivity index (χ1n) is 6.24. The van der Waals surface area contributed by atoms with Gasteiger partial charge in [-0.05, 0) is 40.2 Å². The summed E-state index contributed by atoms with van der Waals surface area (Å²) in [6, 6.07) is 0. The summed E-state index contributed by atoms with van der Waals surface area (Å²) in [4.78, 5) is 15.3. The number of hydrogen-bond acceptors (Lipinski definition) is 5. The molecule has 98 valence electrons. The van der Waals surface area contributed by atoms with Gasteiger partial charge in [0.05, 0.1) is 0 Å². The lowest BCUT2D eigenvalue weighted by atomic mass is 9.99. The molecule has 3 aliphatic rings. The van der Waals surface area contributed by atoms with Gasteiger partial charge < -0.3 is 5.11 Å². The smallest absolute Gasteiger partial charge is 0.184 e. The minimum Gasteiger partial charge on any atom is -0.504 e. The van der Waals surface area contributed by atoms with Gasteiger partial charge in [-0.2, -0.15) is 0 Å². The Balaban J connectivity index is 2.38. The fraction of sp³-hybridized carbons (Fsp3) is 0.357. The van der Waals surface area contributed by atoms with Crippen molar-refractivity contribution in [2.24, 2.45) is 15.0 Å². The number of rotatable bonds is 0. The highest BCUT2D eigenvalue weighted by atomic mass is 16.3. The molecule has 0 unspecified atom stereocenters. The van der Waals surface area contributed by atoms with Crippen molar-refractivity contribution >= 4 is 17.5 Å². The standard InChI is InChI=1S/C14H16N4O/c1-6-7(2)12-15-9(4)8(3)13-16-10(5)17-14(11(6)19)18(12)13/h19H,1-5H3. The van der Waals surface area contributed by atoms with E-state index in [0.29, 0.717) is 11.7 Å². The minimum absolute atomic E-state index is 0.204. The van der Waals surface area contributed by atoms with E-state index in [2.05, 4.69) is 15.0 Å². The highest BCUT2D eigenvalue weighted by molar-refractivity contribution is 6.22. The summed E-state index contributed by atoms with van der Waals surface area (Å²) >= 11 is 0. The Morgan fingerprint density at radius 1 is 0.789 bits per heavy atom. The molecule has 0 aromatic heterocycles. The summed E-state index contributed by atoms with van der Waals surface area (Å²) in [6.45, 7) is 9.64. The number of aliphatic hydroxyl groups excluding tert-OH is 1. The molecule has 0 fully saturated rings. The predicted molar refractivity (Wildman–Crippen MR) is 76.2 cm³/mol. The molecular weight excluding hydrogens is 240 g/mol. The maximum absolute atomic E-state index is 10.3. The summed E-state index contributed by atoms with van der Waals surface area (Å²) in [6.07, 6.45) is 0. The SMILES string of the molecule is CC1=NC2=C(O)C(C)=C(C)C3=NC(C)=C(C)C(=N1)N32. The van der Waals surface area contributed by atoms with Gasteiger partial charge in [-0.25, -0.2) is 15.0 Å². The number of aliphatic imine (C=N–C) groups is 3. The van der Waals surface area contributed by atoms with E-state index in [0.717, 1.165) is 34.1 Å². The van der Waals surface area contributed by atoms with Gasteiger partial charge in [0.15, 0.2) is 11.6 Å². The van der Waals surface area contributed by atoms with Crippen LogP contribution >= 0.6 is 0 Å². The van der Waals surface area contributed by atoms with Crippen LogP contribution in [0.4, 0.5) is 0 Å². The Labute approximate surface area is 112 Å². The van der Waals surface area contributed by atoms with Gasteiger partial charge in [0.2, 0.25) is 0 Å². The maximum atomic E-state index is 10.3. The van der Waals surface area contributed by atoms with Gasteiger partial charge in [0.1, 0.15) is 17.5 Å². The fourth-order valence-corrected chi connectivity index (χ4v) is 2.36. The van der Waals surface area contributed by atoms with Crippen molar-refractivity contribution in [3.63, 3.8) is 0 Å².